The molecule has 0 saturated carbocycles. The summed E-state index contributed by atoms with van der Waals surface area (Å²) in [5.41, 5.74) is -1.14. The molecule has 1 fully saturated rings. The molecule has 0 radical (unpaired) electrons. The minimum Gasteiger partial charge on any atom is -0.755 e. The Kier molecular flexibility index (Phi) is 3.94. The summed E-state index contributed by atoms with van der Waals surface area (Å²) in [4.78, 5) is 0. The Bertz CT molecular complexity index is 536. The highest BCUT2D eigenvalue weighted by atomic mass is 32.2. The van der Waals surface area contributed by atoms with Crippen molar-refractivity contribution in [2.75, 3.05) is 4.72 Å². The molecule has 1 aromatic carbocycles. The topological polar surface area (TPSA) is 70.6 Å². The van der Waals surface area contributed by atoms with Crippen molar-refractivity contribution in [3.8, 4) is 0 Å². The second kappa shape index (κ2) is 5.11. The Morgan fingerprint density at radius 2 is 1.80 bits per heavy atom. The molecule has 20 heavy (non-hydrogen) atoms. The molecular weight excluding hydrogens is 284 g/mol. The molecule has 0 spiro atoms. The zero-order valence-corrected chi connectivity index (χ0v) is 12.5. The lowest BCUT2D eigenvalue weighted by atomic mass is 9.78. The van der Waals surface area contributed by atoms with Gasteiger partial charge in [-0.2, -0.15) is 0 Å². The quantitative estimate of drug-likeness (QED) is 0.675. The van der Waals surface area contributed by atoms with Crippen molar-refractivity contribution in [1.29, 1.82) is 0 Å². The third-order valence-corrected chi connectivity index (χ3v) is 4.12. The smallest absolute Gasteiger partial charge is 0.497 e. The minimum atomic E-state index is -2.59. The number of nitrogens with one attached hydrogen (secondary N) is 1. The van der Waals surface area contributed by atoms with Crippen molar-refractivity contribution in [1.82, 2.24) is 0 Å². The first kappa shape index (κ1) is 15.4. The van der Waals surface area contributed by atoms with Crippen molar-refractivity contribution >= 4 is 29.5 Å². The van der Waals surface area contributed by atoms with Gasteiger partial charge in [0.25, 0.3) is 0 Å². The first-order valence-corrected chi connectivity index (χ1v) is 7.21. The number of rotatable bonds is 3. The Hall–Kier alpha value is -0.955. The molecule has 0 aromatic heterocycles. The second-order valence-electron chi connectivity index (χ2n) is 5.63. The van der Waals surface area contributed by atoms with E-state index in [-0.39, 0.29) is 11.2 Å². The van der Waals surface area contributed by atoms with Crippen molar-refractivity contribution in [3.05, 3.63) is 24.0 Å². The van der Waals surface area contributed by atoms with Gasteiger partial charge in [-0.3, -0.25) is 4.21 Å². The second-order valence-corrected chi connectivity index (χ2v) is 6.31. The summed E-state index contributed by atoms with van der Waals surface area (Å²) in [5.74, 6) is -0.699. The van der Waals surface area contributed by atoms with Crippen LogP contribution >= 0.6 is 0 Å². The van der Waals surface area contributed by atoms with E-state index in [0.717, 1.165) is 0 Å². The van der Waals surface area contributed by atoms with E-state index in [0.29, 0.717) is 0 Å². The number of hydrogen-bond donors (Lipinski definition) is 1. The van der Waals surface area contributed by atoms with Crippen LogP contribution in [0.15, 0.2) is 18.2 Å². The summed E-state index contributed by atoms with van der Waals surface area (Å²) >= 11 is -2.59. The summed E-state index contributed by atoms with van der Waals surface area (Å²) < 4.78 is 49.0. The normalized spacial score (nSPS) is 21.8. The van der Waals surface area contributed by atoms with Crippen LogP contribution in [0, 0.1) is 5.82 Å². The van der Waals surface area contributed by atoms with Gasteiger partial charge in [-0.15, -0.1) is 0 Å². The highest BCUT2D eigenvalue weighted by Crippen LogP contribution is 2.36. The maximum atomic E-state index is 14.3. The highest BCUT2D eigenvalue weighted by molar-refractivity contribution is 7.80. The zero-order valence-electron chi connectivity index (χ0n) is 11.7. The Morgan fingerprint density at radius 1 is 1.25 bits per heavy atom. The minimum absolute atomic E-state index is 0.134. The largest absolute Gasteiger partial charge is 0.755 e. The van der Waals surface area contributed by atoms with E-state index in [1.165, 1.54) is 12.1 Å². The van der Waals surface area contributed by atoms with E-state index < -0.39 is 35.4 Å². The van der Waals surface area contributed by atoms with Crippen LogP contribution in [-0.4, -0.2) is 27.1 Å². The van der Waals surface area contributed by atoms with Gasteiger partial charge in [-0.1, -0.05) is 12.1 Å². The SMILES string of the molecule is CC1(C)OB(c2cccc(NS(=O)[O-])c2F)OC1(C)C. The van der Waals surface area contributed by atoms with Gasteiger partial charge < -0.3 is 18.6 Å². The zero-order chi connectivity index (χ0) is 15.1. The van der Waals surface area contributed by atoms with E-state index in [2.05, 4.69) is 0 Å². The summed E-state index contributed by atoms with van der Waals surface area (Å²) in [7, 11) is -0.873. The van der Waals surface area contributed by atoms with Crippen LogP contribution in [-0.2, 0) is 20.6 Å². The van der Waals surface area contributed by atoms with Crippen LogP contribution in [0.3, 0.4) is 0 Å². The van der Waals surface area contributed by atoms with E-state index in [9.17, 15) is 13.2 Å². The van der Waals surface area contributed by atoms with Crippen molar-refractivity contribution in [2.24, 2.45) is 0 Å². The summed E-state index contributed by atoms with van der Waals surface area (Å²) in [6, 6.07) is 4.38. The van der Waals surface area contributed by atoms with Crippen LogP contribution in [0.4, 0.5) is 10.1 Å². The maximum absolute atomic E-state index is 14.3. The highest BCUT2D eigenvalue weighted by Gasteiger charge is 2.52. The molecule has 1 aliphatic rings. The predicted octanol–water partition coefficient (Wildman–Crippen LogP) is 1.33. The van der Waals surface area contributed by atoms with E-state index in [4.69, 9.17) is 9.31 Å². The Morgan fingerprint density at radius 3 is 2.30 bits per heavy atom. The number of hydrogen-bond acceptors (Lipinski definition) is 4. The lowest BCUT2D eigenvalue weighted by Gasteiger charge is -2.32. The van der Waals surface area contributed by atoms with Gasteiger partial charge in [-0.25, -0.2) is 4.39 Å². The van der Waals surface area contributed by atoms with Gasteiger partial charge in [0.2, 0.25) is 0 Å². The molecule has 1 aromatic rings. The predicted molar refractivity (Wildman–Crippen MR) is 74.7 cm³/mol. The van der Waals surface area contributed by atoms with Crippen LogP contribution in [0.2, 0.25) is 0 Å². The number of anilines is 1. The standard InChI is InChI=1S/C12H17BFNO4S/c1-11(2)12(3,4)19-13(18-11)8-6-5-7-9(10(8)14)15-20(16)17/h5-7,15H,1-4H3,(H,16,17)/p-1. The molecule has 2 rings (SSSR count). The molecule has 1 saturated heterocycles. The molecule has 1 aliphatic heterocycles. The summed E-state index contributed by atoms with van der Waals surface area (Å²) in [6.07, 6.45) is 0. The number of halogens is 1. The average molecular weight is 300 g/mol. The van der Waals surface area contributed by atoms with Gasteiger partial charge in [-0.05, 0) is 33.8 Å². The van der Waals surface area contributed by atoms with Gasteiger partial charge in [0.1, 0.15) is 5.82 Å². The summed E-state index contributed by atoms with van der Waals surface area (Å²) in [5, 5.41) is 0. The van der Waals surface area contributed by atoms with Gasteiger partial charge in [0.05, 0.1) is 16.9 Å². The fourth-order valence-corrected chi connectivity index (χ4v) is 2.21. The lowest BCUT2D eigenvalue weighted by molar-refractivity contribution is 0.00578. The monoisotopic (exact) mass is 300 g/mol. The Balaban J connectivity index is 2.34. The van der Waals surface area contributed by atoms with E-state index in [1.807, 2.05) is 32.4 Å². The molecule has 1 heterocycles. The molecular formula is C12H16BFNO4S-. The maximum Gasteiger partial charge on any atom is 0.497 e. The van der Waals surface area contributed by atoms with Crippen molar-refractivity contribution in [3.63, 3.8) is 0 Å². The molecule has 0 bridgehead atoms. The summed E-state index contributed by atoms with van der Waals surface area (Å²) in [6.45, 7) is 7.44. The van der Waals surface area contributed by atoms with E-state index in [1.54, 1.807) is 6.07 Å². The first-order chi connectivity index (χ1) is 9.14. The molecule has 1 unspecified atom stereocenters. The first-order valence-electron chi connectivity index (χ1n) is 6.14. The average Bonchev–Trinajstić information content (AvgIpc) is 2.50. The number of benzene rings is 1. The molecule has 8 heteroatoms. The third-order valence-electron chi connectivity index (χ3n) is 3.73. The molecule has 0 aliphatic carbocycles. The van der Waals surface area contributed by atoms with E-state index >= 15 is 0 Å². The Labute approximate surface area is 120 Å². The molecule has 5 nitrogen and oxygen atoms in total. The van der Waals surface area contributed by atoms with Crippen molar-refractivity contribution in [2.45, 2.75) is 38.9 Å². The van der Waals surface area contributed by atoms with Crippen LogP contribution in [0.5, 0.6) is 0 Å². The fourth-order valence-electron chi connectivity index (χ4n) is 1.87. The third kappa shape index (κ3) is 2.74. The van der Waals surface area contributed by atoms with Crippen LogP contribution in [0.25, 0.3) is 0 Å². The lowest BCUT2D eigenvalue weighted by Crippen LogP contribution is -2.41. The van der Waals surface area contributed by atoms with Gasteiger partial charge in [0, 0.05) is 16.7 Å². The molecule has 110 valence electrons. The van der Waals surface area contributed by atoms with Crippen molar-refractivity contribution < 1.29 is 22.5 Å². The van der Waals surface area contributed by atoms with Gasteiger partial charge in [0.15, 0.2) is 0 Å². The van der Waals surface area contributed by atoms with Crippen LogP contribution in [0.1, 0.15) is 27.7 Å². The molecule has 1 N–H and O–H groups in total. The molecule has 1 atom stereocenters. The van der Waals surface area contributed by atoms with Gasteiger partial charge >= 0.3 is 7.12 Å². The van der Waals surface area contributed by atoms with Crippen LogP contribution < -0.4 is 10.2 Å². The fraction of sp³-hybridized carbons (Fsp3) is 0.500. The molecule has 0 amide bonds.